The molecule has 0 atom stereocenters. The second-order valence-corrected chi connectivity index (χ2v) is 2.08. The predicted molar refractivity (Wildman–Crippen MR) is 51.2 cm³/mol. The molecule has 0 saturated heterocycles. The Morgan fingerprint density at radius 2 is 1.69 bits per heavy atom. The average molecular weight is 184 g/mol. The summed E-state index contributed by atoms with van der Waals surface area (Å²) in [5.74, 6) is 1.04. The highest BCUT2D eigenvalue weighted by Crippen LogP contribution is 2.15. The molecular formula is C9H16N2O2. The van der Waals surface area contributed by atoms with Gasteiger partial charge in [-0.2, -0.15) is 0 Å². The van der Waals surface area contributed by atoms with Gasteiger partial charge in [0.1, 0.15) is 0 Å². The molecule has 0 unspecified atom stereocenters. The van der Waals surface area contributed by atoms with Gasteiger partial charge in [-0.15, -0.1) is 10.2 Å². The minimum absolute atomic E-state index is 0.503. The zero-order chi connectivity index (χ0) is 10.3. The molecule has 13 heavy (non-hydrogen) atoms. The number of nitrogens with zero attached hydrogens (tertiary/aromatic N) is 2. The third-order valence-electron chi connectivity index (χ3n) is 1.32. The molecule has 4 nitrogen and oxygen atoms in total. The SMILES string of the molecule is CC.COc1cc(C)c(OC)nn1. The molecule has 0 N–H and O–H groups in total. The Morgan fingerprint density at radius 3 is 2.08 bits per heavy atom. The average Bonchev–Trinajstić information content (AvgIpc) is 2.20. The van der Waals surface area contributed by atoms with Gasteiger partial charge < -0.3 is 9.47 Å². The van der Waals surface area contributed by atoms with Crippen LogP contribution in [0.25, 0.3) is 0 Å². The minimum atomic E-state index is 0.503. The van der Waals surface area contributed by atoms with Crippen LogP contribution in [0, 0.1) is 6.92 Å². The van der Waals surface area contributed by atoms with Crippen LogP contribution in [0.3, 0.4) is 0 Å². The van der Waals surface area contributed by atoms with Crippen LogP contribution in [-0.2, 0) is 0 Å². The van der Waals surface area contributed by atoms with E-state index in [1.165, 1.54) is 0 Å². The molecule has 74 valence electrons. The van der Waals surface area contributed by atoms with Gasteiger partial charge in [-0.25, -0.2) is 0 Å². The van der Waals surface area contributed by atoms with Crippen molar-refractivity contribution in [2.45, 2.75) is 20.8 Å². The van der Waals surface area contributed by atoms with E-state index in [1.807, 2.05) is 20.8 Å². The van der Waals surface area contributed by atoms with Crippen molar-refractivity contribution in [3.63, 3.8) is 0 Å². The van der Waals surface area contributed by atoms with Crippen LogP contribution in [-0.4, -0.2) is 24.4 Å². The predicted octanol–water partition coefficient (Wildman–Crippen LogP) is 1.83. The smallest absolute Gasteiger partial charge is 0.236 e. The molecule has 0 aliphatic carbocycles. The van der Waals surface area contributed by atoms with E-state index >= 15 is 0 Å². The van der Waals surface area contributed by atoms with Crippen LogP contribution in [0.1, 0.15) is 19.4 Å². The Kier molecular flexibility index (Phi) is 5.59. The lowest BCUT2D eigenvalue weighted by Gasteiger charge is -2.02. The van der Waals surface area contributed by atoms with Gasteiger partial charge in [0.05, 0.1) is 14.2 Å². The molecule has 0 spiro atoms. The molecule has 0 radical (unpaired) electrons. The lowest BCUT2D eigenvalue weighted by molar-refractivity contribution is 0.364. The van der Waals surface area contributed by atoms with E-state index in [9.17, 15) is 0 Å². The number of hydrogen-bond donors (Lipinski definition) is 0. The van der Waals surface area contributed by atoms with Gasteiger partial charge in [0, 0.05) is 11.6 Å². The Bertz CT molecular complexity index is 251. The first-order chi connectivity index (χ1) is 6.27. The molecule has 0 fully saturated rings. The monoisotopic (exact) mass is 184 g/mol. The fourth-order valence-electron chi connectivity index (χ4n) is 0.751. The fraction of sp³-hybridized carbons (Fsp3) is 0.556. The lowest BCUT2D eigenvalue weighted by Crippen LogP contribution is -1.96. The van der Waals surface area contributed by atoms with Crippen LogP contribution >= 0.6 is 0 Å². The summed E-state index contributed by atoms with van der Waals surface area (Å²) in [6.07, 6.45) is 0. The summed E-state index contributed by atoms with van der Waals surface area (Å²) in [6.45, 7) is 5.88. The molecule has 0 saturated carbocycles. The van der Waals surface area contributed by atoms with Crippen molar-refractivity contribution in [3.8, 4) is 11.8 Å². The van der Waals surface area contributed by atoms with Gasteiger partial charge >= 0.3 is 0 Å². The van der Waals surface area contributed by atoms with E-state index in [-0.39, 0.29) is 0 Å². The molecule has 1 rings (SSSR count). The first kappa shape index (κ1) is 11.7. The molecule has 0 aliphatic rings. The van der Waals surface area contributed by atoms with Crippen molar-refractivity contribution in [3.05, 3.63) is 11.6 Å². The van der Waals surface area contributed by atoms with Gasteiger partial charge in [0.2, 0.25) is 11.8 Å². The zero-order valence-electron chi connectivity index (χ0n) is 8.79. The van der Waals surface area contributed by atoms with E-state index in [1.54, 1.807) is 20.3 Å². The number of aryl methyl sites for hydroxylation is 1. The number of hydrogen-bond acceptors (Lipinski definition) is 4. The summed E-state index contributed by atoms with van der Waals surface area (Å²) in [6, 6.07) is 1.77. The van der Waals surface area contributed by atoms with E-state index in [4.69, 9.17) is 9.47 Å². The highest BCUT2D eigenvalue weighted by Gasteiger charge is 2.01. The van der Waals surface area contributed by atoms with Crippen LogP contribution < -0.4 is 9.47 Å². The van der Waals surface area contributed by atoms with E-state index in [0.29, 0.717) is 11.8 Å². The Morgan fingerprint density at radius 1 is 1.08 bits per heavy atom. The van der Waals surface area contributed by atoms with Crippen LogP contribution in [0.15, 0.2) is 6.07 Å². The van der Waals surface area contributed by atoms with E-state index in [0.717, 1.165) is 5.56 Å². The maximum absolute atomic E-state index is 4.92. The van der Waals surface area contributed by atoms with Gasteiger partial charge in [-0.05, 0) is 6.92 Å². The van der Waals surface area contributed by atoms with Crippen molar-refractivity contribution >= 4 is 0 Å². The van der Waals surface area contributed by atoms with Crippen molar-refractivity contribution in [2.24, 2.45) is 0 Å². The molecule has 1 aromatic heterocycles. The first-order valence-corrected chi connectivity index (χ1v) is 4.20. The second kappa shape index (κ2) is 6.22. The summed E-state index contributed by atoms with van der Waals surface area (Å²) >= 11 is 0. The molecule has 0 amide bonds. The fourth-order valence-corrected chi connectivity index (χ4v) is 0.751. The van der Waals surface area contributed by atoms with Crippen molar-refractivity contribution in [1.29, 1.82) is 0 Å². The quantitative estimate of drug-likeness (QED) is 0.703. The van der Waals surface area contributed by atoms with E-state index in [2.05, 4.69) is 10.2 Å². The van der Waals surface area contributed by atoms with Gasteiger partial charge in [-0.3, -0.25) is 0 Å². The van der Waals surface area contributed by atoms with Gasteiger partial charge in [0.25, 0.3) is 0 Å². The highest BCUT2D eigenvalue weighted by molar-refractivity contribution is 5.26. The number of rotatable bonds is 2. The van der Waals surface area contributed by atoms with E-state index < -0.39 is 0 Å². The summed E-state index contributed by atoms with van der Waals surface area (Å²) in [7, 11) is 3.11. The Labute approximate surface area is 78.9 Å². The summed E-state index contributed by atoms with van der Waals surface area (Å²) in [5, 5.41) is 7.50. The largest absolute Gasteiger partial charge is 0.480 e. The highest BCUT2D eigenvalue weighted by atomic mass is 16.5. The molecule has 4 heteroatoms. The van der Waals surface area contributed by atoms with Crippen LogP contribution in [0.2, 0.25) is 0 Å². The normalized spacial score (nSPS) is 8.38. The second-order valence-electron chi connectivity index (χ2n) is 2.08. The zero-order valence-corrected chi connectivity index (χ0v) is 8.79. The van der Waals surface area contributed by atoms with Crippen molar-refractivity contribution < 1.29 is 9.47 Å². The molecule has 0 aliphatic heterocycles. The molecular weight excluding hydrogens is 168 g/mol. The maximum Gasteiger partial charge on any atom is 0.236 e. The van der Waals surface area contributed by atoms with Crippen molar-refractivity contribution in [2.75, 3.05) is 14.2 Å². The first-order valence-electron chi connectivity index (χ1n) is 4.20. The lowest BCUT2D eigenvalue weighted by atomic mass is 10.3. The number of methoxy groups -OCH3 is 2. The maximum atomic E-state index is 4.92. The molecule has 0 aromatic carbocycles. The number of aromatic nitrogens is 2. The third-order valence-corrected chi connectivity index (χ3v) is 1.32. The Hall–Kier alpha value is -1.32. The summed E-state index contributed by atoms with van der Waals surface area (Å²) in [4.78, 5) is 0. The summed E-state index contributed by atoms with van der Waals surface area (Å²) in [5.41, 5.74) is 0.916. The van der Waals surface area contributed by atoms with Crippen molar-refractivity contribution in [1.82, 2.24) is 10.2 Å². The molecule has 1 heterocycles. The standard InChI is InChI=1S/C7H10N2O2.C2H6/c1-5-4-6(10-2)8-9-7(5)11-3;1-2/h4H,1-3H3;1-2H3. The number of ether oxygens (including phenoxy) is 2. The van der Waals surface area contributed by atoms with Gasteiger partial charge in [0.15, 0.2) is 0 Å². The van der Waals surface area contributed by atoms with Crippen LogP contribution in [0.4, 0.5) is 0 Å². The Balaban J connectivity index is 0.000000671. The third kappa shape index (κ3) is 3.27. The summed E-state index contributed by atoms with van der Waals surface area (Å²) < 4.78 is 9.78. The van der Waals surface area contributed by atoms with Gasteiger partial charge in [-0.1, -0.05) is 13.8 Å². The molecule has 1 aromatic rings. The minimum Gasteiger partial charge on any atom is -0.480 e. The van der Waals surface area contributed by atoms with Crippen LogP contribution in [0.5, 0.6) is 11.8 Å². The molecule has 0 bridgehead atoms. The topological polar surface area (TPSA) is 44.2 Å².